The predicted octanol–water partition coefficient (Wildman–Crippen LogP) is 1.29. The van der Waals surface area contributed by atoms with Crippen LogP contribution in [0.25, 0.3) is 0 Å². The molecule has 2 rings (SSSR count). The lowest BCUT2D eigenvalue weighted by Crippen LogP contribution is -2.44. The molecule has 1 saturated heterocycles. The molecule has 1 aromatic rings. The van der Waals surface area contributed by atoms with E-state index in [2.05, 4.69) is 10.2 Å². The summed E-state index contributed by atoms with van der Waals surface area (Å²) in [5.41, 5.74) is 0.598. The molecule has 0 saturated carbocycles. The van der Waals surface area contributed by atoms with Gasteiger partial charge in [-0.15, -0.1) is 0 Å². The molecule has 4 nitrogen and oxygen atoms in total. The minimum Gasteiger partial charge on any atom is -0.493 e. The largest absolute Gasteiger partial charge is 0.493 e. The smallest absolute Gasteiger partial charge is 0.166 e. The summed E-state index contributed by atoms with van der Waals surface area (Å²) in [7, 11) is 3.11. The van der Waals surface area contributed by atoms with E-state index in [9.17, 15) is 4.39 Å². The topological polar surface area (TPSA) is 33.7 Å². The van der Waals surface area contributed by atoms with E-state index in [1.165, 1.54) is 6.07 Å². The summed E-state index contributed by atoms with van der Waals surface area (Å²) in [5, 5.41) is 3.30. The highest BCUT2D eigenvalue weighted by atomic mass is 19.1. The van der Waals surface area contributed by atoms with Gasteiger partial charge >= 0.3 is 0 Å². The van der Waals surface area contributed by atoms with Crippen LogP contribution in [0.3, 0.4) is 0 Å². The quantitative estimate of drug-likeness (QED) is 0.872. The third-order valence-electron chi connectivity index (χ3n) is 3.48. The Balaban J connectivity index is 2.09. The van der Waals surface area contributed by atoms with E-state index in [4.69, 9.17) is 9.47 Å². The number of rotatable bonds is 5. The van der Waals surface area contributed by atoms with Gasteiger partial charge in [0.1, 0.15) is 5.82 Å². The SMILES string of the molecule is COc1ccc(F)c(CCN2CCNCC2)c1OC. The Morgan fingerprint density at radius 1 is 1.21 bits per heavy atom. The molecule has 0 bridgehead atoms. The Labute approximate surface area is 113 Å². The number of methoxy groups -OCH3 is 2. The van der Waals surface area contributed by atoms with E-state index >= 15 is 0 Å². The Kier molecular flexibility index (Phi) is 4.99. The molecular formula is C14H21FN2O2. The van der Waals surface area contributed by atoms with Crippen molar-refractivity contribution in [1.82, 2.24) is 10.2 Å². The Bertz CT molecular complexity index is 420. The van der Waals surface area contributed by atoms with Crippen molar-refractivity contribution in [3.8, 4) is 11.5 Å². The second kappa shape index (κ2) is 6.73. The van der Waals surface area contributed by atoms with Crippen molar-refractivity contribution in [2.24, 2.45) is 0 Å². The van der Waals surface area contributed by atoms with Crippen LogP contribution in [0.15, 0.2) is 12.1 Å². The minimum atomic E-state index is -0.229. The highest BCUT2D eigenvalue weighted by Gasteiger charge is 2.17. The molecule has 5 heteroatoms. The monoisotopic (exact) mass is 268 g/mol. The van der Waals surface area contributed by atoms with Gasteiger partial charge in [0.2, 0.25) is 0 Å². The zero-order valence-electron chi connectivity index (χ0n) is 11.5. The van der Waals surface area contributed by atoms with Crippen LogP contribution >= 0.6 is 0 Å². The van der Waals surface area contributed by atoms with E-state index in [1.54, 1.807) is 20.3 Å². The van der Waals surface area contributed by atoms with Gasteiger partial charge in [0, 0.05) is 38.3 Å². The molecule has 1 aliphatic heterocycles. The predicted molar refractivity (Wildman–Crippen MR) is 72.5 cm³/mol. The molecule has 0 aliphatic carbocycles. The van der Waals surface area contributed by atoms with Crippen molar-refractivity contribution in [2.75, 3.05) is 46.9 Å². The van der Waals surface area contributed by atoms with Crippen molar-refractivity contribution in [3.05, 3.63) is 23.5 Å². The maximum Gasteiger partial charge on any atom is 0.166 e. The van der Waals surface area contributed by atoms with Gasteiger partial charge in [0.15, 0.2) is 11.5 Å². The second-order valence-electron chi connectivity index (χ2n) is 4.60. The molecule has 0 unspecified atom stereocenters. The number of benzene rings is 1. The molecule has 1 fully saturated rings. The standard InChI is InChI=1S/C14H21FN2O2/c1-18-13-4-3-12(15)11(14(13)19-2)5-8-17-9-6-16-7-10-17/h3-4,16H,5-10H2,1-2H3. The van der Waals surface area contributed by atoms with E-state index in [-0.39, 0.29) is 5.82 Å². The number of piperazine rings is 1. The molecule has 1 heterocycles. The lowest BCUT2D eigenvalue weighted by atomic mass is 10.1. The molecule has 0 aromatic heterocycles. The lowest BCUT2D eigenvalue weighted by molar-refractivity contribution is 0.241. The van der Waals surface area contributed by atoms with Gasteiger partial charge in [-0.2, -0.15) is 0 Å². The molecule has 19 heavy (non-hydrogen) atoms. The maximum absolute atomic E-state index is 13.9. The average molecular weight is 268 g/mol. The van der Waals surface area contributed by atoms with Crippen LogP contribution in [0, 0.1) is 5.82 Å². The van der Waals surface area contributed by atoms with E-state index in [0.717, 1.165) is 32.7 Å². The maximum atomic E-state index is 13.9. The van der Waals surface area contributed by atoms with E-state index in [0.29, 0.717) is 23.5 Å². The molecule has 1 N–H and O–H groups in total. The highest BCUT2D eigenvalue weighted by molar-refractivity contribution is 5.47. The van der Waals surface area contributed by atoms with Gasteiger partial charge in [0.25, 0.3) is 0 Å². The van der Waals surface area contributed by atoms with Crippen molar-refractivity contribution >= 4 is 0 Å². The third-order valence-corrected chi connectivity index (χ3v) is 3.48. The van der Waals surface area contributed by atoms with Gasteiger partial charge in [0.05, 0.1) is 14.2 Å². The van der Waals surface area contributed by atoms with Crippen molar-refractivity contribution in [2.45, 2.75) is 6.42 Å². The van der Waals surface area contributed by atoms with Crippen LogP contribution < -0.4 is 14.8 Å². The average Bonchev–Trinajstić information content (AvgIpc) is 2.46. The fourth-order valence-electron chi connectivity index (χ4n) is 2.40. The van der Waals surface area contributed by atoms with Crippen LogP contribution in [0.4, 0.5) is 4.39 Å². The summed E-state index contributed by atoms with van der Waals surface area (Å²) in [5.74, 6) is 0.865. The number of nitrogens with one attached hydrogen (secondary N) is 1. The van der Waals surface area contributed by atoms with Crippen LogP contribution in [-0.2, 0) is 6.42 Å². The first-order valence-corrected chi connectivity index (χ1v) is 6.58. The van der Waals surface area contributed by atoms with Crippen molar-refractivity contribution in [1.29, 1.82) is 0 Å². The van der Waals surface area contributed by atoms with E-state index < -0.39 is 0 Å². The van der Waals surface area contributed by atoms with Crippen LogP contribution in [0.2, 0.25) is 0 Å². The van der Waals surface area contributed by atoms with Crippen LogP contribution in [0.1, 0.15) is 5.56 Å². The first-order chi connectivity index (χ1) is 9.26. The minimum absolute atomic E-state index is 0.229. The summed E-state index contributed by atoms with van der Waals surface area (Å²) in [6, 6.07) is 3.04. The van der Waals surface area contributed by atoms with Gasteiger partial charge in [-0.25, -0.2) is 4.39 Å². The molecular weight excluding hydrogens is 247 g/mol. The number of halogens is 1. The fourth-order valence-corrected chi connectivity index (χ4v) is 2.40. The third kappa shape index (κ3) is 3.36. The Hall–Kier alpha value is -1.33. The zero-order valence-corrected chi connectivity index (χ0v) is 11.5. The Morgan fingerprint density at radius 3 is 2.58 bits per heavy atom. The molecule has 0 amide bonds. The van der Waals surface area contributed by atoms with Gasteiger partial charge in [-0.3, -0.25) is 0 Å². The Morgan fingerprint density at radius 2 is 1.95 bits per heavy atom. The summed E-state index contributed by atoms with van der Waals surface area (Å²) >= 11 is 0. The van der Waals surface area contributed by atoms with Gasteiger partial charge < -0.3 is 19.7 Å². The molecule has 0 spiro atoms. The summed E-state index contributed by atoms with van der Waals surface area (Å²) in [6.07, 6.45) is 0.631. The van der Waals surface area contributed by atoms with Crippen molar-refractivity contribution < 1.29 is 13.9 Å². The van der Waals surface area contributed by atoms with Crippen LogP contribution in [-0.4, -0.2) is 51.8 Å². The number of nitrogens with zero attached hydrogens (tertiary/aromatic N) is 1. The lowest BCUT2D eigenvalue weighted by Gasteiger charge is -2.27. The van der Waals surface area contributed by atoms with Crippen LogP contribution in [0.5, 0.6) is 11.5 Å². The number of hydrogen-bond acceptors (Lipinski definition) is 4. The summed E-state index contributed by atoms with van der Waals surface area (Å²) in [6.45, 7) is 4.85. The number of hydrogen-bond donors (Lipinski definition) is 1. The number of ether oxygens (including phenoxy) is 2. The first kappa shape index (κ1) is 14.1. The molecule has 1 aromatic carbocycles. The van der Waals surface area contributed by atoms with Gasteiger partial charge in [-0.1, -0.05) is 0 Å². The molecule has 0 atom stereocenters. The summed E-state index contributed by atoms with van der Waals surface area (Å²) < 4.78 is 24.4. The molecule has 106 valence electrons. The first-order valence-electron chi connectivity index (χ1n) is 6.58. The zero-order chi connectivity index (χ0) is 13.7. The van der Waals surface area contributed by atoms with Crippen molar-refractivity contribution in [3.63, 3.8) is 0 Å². The highest BCUT2D eigenvalue weighted by Crippen LogP contribution is 2.33. The van der Waals surface area contributed by atoms with Gasteiger partial charge in [-0.05, 0) is 18.6 Å². The molecule has 0 radical (unpaired) electrons. The summed E-state index contributed by atoms with van der Waals surface area (Å²) in [4.78, 5) is 2.33. The van der Waals surface area contributed by atoms with E-state index in [1.807, 2.05) is 0 Å². The normalized spacial score (nSPS) is 16.4. The molecule has 1 aliphatic rings. The fraction of sp³-hybridized carbons (Fsp3) is 0.571. The second-order valence-corrected chi connectivity index (χ2v) is 4.60.